The van der Waals surface area contributed by atoms with Crippen molar-refractivity contribution in [2.45, 2.75) is 45.8 Å². The molecule has 0 bridgehead atoms. The van der Waals surface area contributed by atoms with Gasteiger partial charge < -0.3 is 23.5 Å². The monoisotopic (exact) mass is 475 g/mol. The molecule has 1 aromatic heterocycles. The number of para-hydroxylation sites is 2. The minimum absolute atomic E-state index is 0.174. The summed E-state index contributed by atoms with van der Waals surface area (Å²) in [5.74, 6) is 1.29. The topological polar surface area (TPSA) is 76.0 Å². The van der Waals surface area contributed by atoms with E-state index in [0.717, 1.165) is 42.1 Å². The number of nitrogens with zero attached hydrogens (tertiary/aromatic N) is 1. The molecule has 1 aliphatic carbocycles. The van der Waals surface area contributed by atoms with Crippen LogP contribution in [0.5, 0.6) is 17.2 Å². The molecule has 0 spiro atoms. The lowest BCUT2D eigenvalue weighted by Crippen LogP contribution is -2.33. The number of benzene rings is 2. The second-order valence-corrected chi connectivity index (χ2v) is 9.05. The number of carbonyl (C=O) groups is 2. The van der Waals surface area contributed by atoms with Crippen LogP contribution in [0.2, 0.25) is 0 Å². The van der Waals surface area contributed by atoms with Gasteiger partial charge in [-0.05, 0) is 74.6 Å². The van der Waals surface area contributed by atoms with Crippen molar-refractivity contribution in [3.8, 4) is 17.2 Å². The summed E-state index contributed by atoms with van der Waals surface area (Å²) in [7, 11) is 0. The second kappa shape index (κ2) is 9.86. The number of rotatable bonds is 8. The van der Waals surface area contributed by atoms with Gasteiger partial charge in [0.2, 0.25) is 5.78 Å². The fourth-order valence-corrected chi connectivity index (χ4v) is 4.77. The van der Waals surface area contributed by atoms with E-state index in [0.29, 0.717) is 24.5 Å². The lowest BCUT2D eigenvalue weighted by atomic mass is 10.1. The molecule has 182 valence electrons. The molecule has 5 rings (SSSR count). The molecule has 0 amide bonds. The summed E-state index contributed by atoms with van der Waals surface area (Å²) in [6.45, 7) is 4.25. The summed E-state index contributed by atoms with van der Waals surface area (Å²) >= 11 is 0. The quantitative estimate of drug-likeness (QED) is 0.358. The van der Waals surface area contributed by atoms with E-state index in [1.54, 1.807) is 0 Å². The summed E-state index contributed by atoms with van der Waals surface area (Å²) in [6, 6.07) is 15.3. The molecule has 7 nitrogen and oxygen atoms in total. The van der Waals surface area contributed by atoms with E-state index in [1.807, 2.05) is 66.9 Å². The lowest BCUT2D eigenvalue weighted by Gasteiger charge is -2.27. The number of carbonyl (C=O) groups excluding carboxylic acids is 2. The number of hydrogen-bond acceptors (Lipinski definition) is 6. The minimum Gasteiger partial charge on any atom is -0.486 e. The molecular formula is C28H29NO6. The number of ether oxygens (including phenoxy) is 4. The number of fused-ring (bicyclic) bond motifs is 2. The molecule has 0 saturated carbocycles. The number of aromatic nitrogens is 1. The van der Waals surface area contributed by atoms with E-state index in [4.69, 9.17) is 18.9 Å². The maximum Gasteiger partial charge on any atom is 0.344 e. The van der Waals surface area contributed by atoms with Crippen molar-refractivity contribution < 1.29 is 28.5 Å². The maximum atomic E-state index is 12.8. The molecule has 2 aliphatic rings. The summed E-state index contributed by atoms with van der Waals surface area (Å²) in [6.07, 6.45) is 3.11. The first-order valence-electron chi connectivity index (χ1n) is 12.0. The highest BCUT2D eigenvalue weighted by atomic mass is 16.6. The van der Waals surface area contributed by atoms with E-state index in [2.05, 4.69) is 0 Å². The Morgan fingerprint density at radius 2 is 1.80 bits per heavy atom. The normalized spacial score (nSPS) is 16.0. The first-order chi connectivity index (χ1) is 17.0. The zero-order valence-corrected chi connectivity index (χ0v) is 20.0. The predicted molar refractivity (Wildman–Crippen MR) is 130 cm³/mol. The van der Waals surface area contributed by atoms with Gasteiger partial charge in [-0.3, -0.25) is 4.79 Å². The third kappa shape index (κ3) is 5.04. The van der Waals surface area contributed by atoms with Crippen LogP contribution < -0.4 is 14.2 Å². The van der Waals surface area contributed by atoms with Crippen LogP contribution in [0.4, 0.5) is 0 Å². The number of hydrogen-bond donors (Lipinski definition) is 0. The molecule has 0 N–H and O–H groups in total. The zero-order chi connectivity index (χ0) is 24.4. The Bertz CT molecular complexity index is 1260. The predicted octanol–water partition coefficient (Wildman–Crippen LogP) is 4.24. The van der Waals surface area contributed by atoms with Crippen LogP contribution in [-0.2, 0) is 28.9 Å². The standard InChI is InChI=1S/C28H29NO6/c1-18-12-24(19(2)29(18)14-23-15-33-26-8-3-4-9-27(26)35-23)25(30)16-34-28(31)17-32-22-11-10-20-6-5-7-21(20)13-22/h3-4,8-13,23H,5-7,14-17H2,1-2H3. The molecule has 2 aromatic carbocycles. The average molecular weight is 476 g/mol. The van der Waals surface area contributed by atoms with Gasteiger partial charge >= 0.3 is 5.97 Å². The molecule has 0 saturated heterocycles. The Balaban J connectivity index is 1.14. The van der Waals surface area contributed by atoms with Gasteiger partial charge in [-0.15, -0.1) is 0 Å². The third-order valence-electron chi connectivity index (χ3n) is 6.62. The van der Waals surface area contributed by atoms with Crippen LogP contribution in [0.3, 0.4) is 0 Å². The summed E-state index contributed by atoms with van der Waals surface area (Å²) < 4.78 is 24.7. The Labute approximate surface area is 204 Å². The van der Waals surface area contributed by atoms with Gasteiger partial charge in [-0.1, -0.05) is 18.2 Å². The first kappa shape index (κ1) is 23.0. The van der Waals surface area contributed by atoms with Crippen LogP contribution >= 0.6 is 0 Å². The highest BCUT2D eigenvalue weighted by molar-refractivity contribution is 5.99. The molecule has 0 fully saturated rings. The molecule has 7 heteroatoms. The van der Waals surface area contributed by atoms with Gasteiger partial charge in [-0.25, -0.2) is 4.79 Å². The number of Topliss-reactive ketones (excluding diaryl/α,β-unsaturated/α-hetero) is 1. The van der Waals surface area contributed by atoms with Crippen molar-refractivity contribution in [3.05, 3.63) is 76.6 Å². The van der Waals surface area contributed by atoms with Crippen molar-refractivity contribution in [1.29, 1.82) is 0 Å². The smallest absolute Gasteiger partial charge is 0.344 e. The average Bonchev–Trinajstić information content (AvgIpc) is 3.45. The van der Waals surface area contributed by atoms with Crippen LogP contribution in [0, 0.1) is 13.8 Å². The fourth-order valence-electron chi connectivity index (χ4n) is 4.77. The summed E-state index contributed by atoms with van der Waals surface area (Å²) in [5, 5.41) is 0. The fraction of sp³-hybridized carbons (Fsp3) is 0.357. The van der Waals surface area contributed by atoms with E-state index >= 15 is 0 Å². The Morgan fingerprint density at radius 1 is 1.00 bits per heavy atom. The molecule has 2 heterocycles. The van der Waals surface area contributed by atoms with E-state index < -0.39 is 5.97 Å². The van der Waals surface area contributed by atoms with Crippen molar-refractivity contribution in [1.82, 2.24) is 4.57 Å². The van der Waals surface area contributed by atoms with Crippen LogP contribution in [0.1, 0.15) is 39.3 Å². The summed E-state index contributed by atoms with van der Waals surface area (Å²) in [5.41, 5.74) is 4.89. The lowest BCUT2D eigenvalue weighted by molar-refractivity contribution is -0.144. The highest BCUT2D eigenvalue weighted by Gasteiger charge is 2.24. The van der Waals surface area contributed by atoms with Crippen molar-refractivity contribution in [2.24, 2.45) is 0 Å². The maximum absolute atomic E-state index is 12.8. The number of ketones is 1. The Morgan fingerprint density at radius 3 is 2.66 bits per heavy atom. The molecule has 35 heavy (non-hydrogen) atoms. The minimum atomic E-state index is -0.570. The molecule has 3 aromatic rings. The zero-order valence-electron chi connectivity index (χ0n) is 20.0. The first-order valence-corrected chi connectivity index (χ1v) is 12.0. The van der Waals surface area contributed by atoms with Gasteiger partial charge in [0.25, 0.3) is 0 Å². The van der Waals surface area contributed by atoms with Gasteiger partial charge in [0.15, 0.2) is 30.8 Å². The second-order valence-electron chi connectivity index (χ2n) is 9.05. The van der Waals surface area contributed by atoms with Gasteiger partial charge in [0.1, 0.15) is 12.4 Å². The number of esters is 1. The largest absolute Gasteiger partial charge is 0.486 e. The third-order valence-corrected chi connectivity index (χ3v) is 6.62. The van der Waals surface area contributed by atoms with Crippen molar-refractivity contribution >= 4 is 11.8 Å². The summed E-state index contributed by atoms with van der Waals surface area (Å²) in [4.78, 5) is 25.0. The van der Waals surface area contributed by atoms with Gasteiger partial charge in [0.05, 0.1) is 6.54 Å². The molecular weight excluding hydrogens is 446 g/mol. The van der Waals surface area contributed by atoms with E-state index in [-0.39, 0.29) is 25.1 Å². The van der Waals surface area contributed by atoms with Crippen molar-refractivity contribution in [3.63, 3.8) is 0 Å². The van der Waals surface area contributed by atoms with Gasteiger partial charge in [-0.2, -0.15) is 0 Å². The molecule has 1 unspecified atom stereocenters. The van der Waals surface area contributed by atoms with E-state index in [1.165, 1.54) is 11.1 Å². The van der Waals surface area contributed by atoms with Crippen LogP contribution in [0.25, 0.3) is 0 Å². The Kier molecular flexibility index (Phi) is 6.49. The van der Waals surface area contributed by atoms with Crippen molar-refractivity contribution in [2.75, 3.05) is 19.8 Å². The van der Waals surface area contributed by atoms with Crippen LogP contribution in [0.15, 0.2) is 48.5 Å². The van der Waals surface area contributed by atoms with E-state index in [9.17, 15) is 9.59 Å². The molecule has 1 atom stereocenters. The molecule has 0 radical (unpaired) electrons. The Hall–Kier alpha value is -3.74. The number of aryl methyl sites for hydroxylation is 3. The molecule has 1 aliphatic heterocycles. The SMILES string of the molecule is Cc1cc(C(=O)COC(=O)COc2ccc3c(c2)CCC3)c(C)n1CC1COc2ccccc2O1. The van der Waals surface area contributed by atoms with Crippen LogP contribution in [-0.4, -0.2) is 42.2 Å². The van der Waals surface area contributed by atoms with Gasteiger partial charge in [0, 0.05) is 17.0 Å². The highest BCUT2D eigenvalue weighted by Crippen LogP contribution is 2.32.